The first-order chi connectivity index (χ1) is 8.90. The monoisotopic (exact) mass is 260 g/mol. The Morgan fingerprint density at radius 1 is 1.32 bits per heavy atom. The zero-order valence-corrected chi connectivity index (χ0v) is 13.0. The van der Waals surface area contributed by atoms with Gasteiger partial charge in [0.15, 0.2) is 0 Å². The molecule has 0 saturated heterocycles. The van der Waals surface area contributed by atoms with Gasteiger partial charge in [-0.25, -0.2) is 0 Å². The standard InChI is InChI=1S/C17H28N2/c1-13(12-19(4)5)18-16-15-9-7-6-8-14(15)10-11-17(16,2)3/h6-9,13,16,18H,10-12H2,1-5H3. The van der Waals surface area contributed by atoms with Gasteiger partial charge in [-0.15, -0.1) is 0 Å². The predicted molar refractivity (Wildman–Crippen MR) is 82.4 cm³/mol. The van der Waals surface area contributed by atoms with Crippen LogP contribution in [0.25, 0.3) is 0 Å². The van der Waals surface area contributed by atoms with E-state index in [-0.39, 0.29) is 0 Å². The smallest absolute Gasteiger partial charge is 0.0377 e. The molecule has 1 aromatic rings. The van der Waals surface area contributed by atoms with Crippen LogP contribution in [0.2, 0.25) is 0 Å². The first-order valence-electron chi connectivity index (χ1n) is 7.39. The Hall–Kier alpha value is -0.860. The molecule has 19 heavy (non-hydrogen) atoms. The molecule has 1 aromatic carbocycles. The average Bonchev–Trinajstić information content (AvgIpc) is 2.32. The van der Waals surface area contributed by atoms with Crippen molar-refractivity contribution in [3.05, 3.63) is 35.4 Å². The highest BCUT2D eigenvalue weighted by Gasteiger charge is 2.36. The lowest BCUT2D eigenvalue weighted by Gasteiger charge is -2.42. The Balaban J connectivity index is 2.21. The quantitative estimate of drug-likeness (QED) is 0.894. The molecule has 0 aromatic heterocycles. The minimum Gasteiger partial charge on any atom is -0.308 e. The van der Waals surface area contributed by atoms with Crippen LogP contribution in [-0.4, -0.2) is 31.6 Å². The highest BCUT2D eigenvalue weighted by molar-refractivity contribution is 5.34. The van der Waals surface area contributed by atoms with Crippen LogP contribution >= 0.6 is 0 Å². The van der Waals surface area contributed by atoms with Gasteiger partial charge in [0, 0.05) is 18.6 Å². The molecule has 106 valence electrons. The van der Waals surface area contributed by atoms with Gasteiger partial charge < -0.3 is 10.2 Å². The average molecular weight is 260 g/mol. The van der Waals surface area contributed by atoms with Crippen molar-refractivity contribution in [3.8, 4) is 0 Å². The van der Waals surface area contributed by atoms with Crippen molar-refractivity contribution in [2.45, 2.75) is 45.7 Å². The van der Waals surface area contributed by atoms with Crippen LogP contribution in [0.5, 0.6) is 0 Å². The van der Waals surface area contributed by atoms with Crippen LogP contribution in [0.1, 0.15) is 44.4 Å². The Labute approximate surface area is 118 Å². The number of likely N-dealkylation sites (N-methyl/N-ethyl adjacent to an activating group) is 1. The number of aryl methyl sites for hydroxylation is 1. The lowest BCUT2D eigenvalue weighted by atomic mass is 9.70. The molecule has 2 nitrogen and oxygen atoms in total. The minimum absolute atomic E-state index is 0.328. The molecule has 2 rings (SSSR count). The zero-order chi connectivity index (χ0) is 14.0. The maximum Gasteiger partial charge on any atom is 0.0377 e. The molecule has 0 aliphatic heterocycles. The first-order valence-corrected chi connectivity index (χ1v) is 7.39. The summed E-state index contributed by atoms with van der Waals surface area (Å²) >= 11 is 0. The van der Waals surface area contributed by atoms with Crippen molar-refractivity contribution in [1.82, 2.24) is 10.2 Å². The lowest BCUT2D eigenvalue weighted by Crippen LogP contribution is -2.45. The van der Waals surface area contributed by atoms with E-state index < -0.39 is 0 Å². The summed E-state index contributed by atoms with van der Waals surface area (Å²) in [6.45, 7) is 8.15. The third-order valence-electron chi connectivity index (χ3n) is 4.28. The van der Waals surface area contributed by atoms with Crippen LogP contribution in [0.15, 0.2) is 24.3 Å². The summed E-state index contributed by atoms with van der Waals surface area (Å²) in [7, 11) is 4.27. The van der Waals surface area contributed by atoms with Crippen LogP contribution in [0, 0.1) is 5.41 Å². The molecule has 1 aliphatic rings. The highest BCUT2D eigenvalue weighted by atomic mass is 15.1. The second-order valence-corrected chi connectivity index (χ2v) is 6.95. The number of benzene rings is 1. The third kappa shape index (κ3) is 3.37. The van der Waals surface area contributed by atoms with E-state index in [4.69, 9.17) is 0 Å². The molecule has 0 radical (unpaired) electrons. The third-order valence-corrected chi connectivity index (χ3v) is 4.28. The fraction of sp³-hybridized carbons (Fsp3) is 0.647. The SMILES string of the molecule is CC(CN(C)C)NC1c2ccccc2CCC1(C)C. The van der Waals surface area contributed by atoms with Gasteiger partial charge in [0.05, 0.1) is 0 Å². The molecule has 0 bridgehead atoms. The molecule has 1 N–H and O–H groups in total. The van der Waals surface area contributed by atoms with E-state index in [0.717, 1.165) is 6.54 Å². The topological polar surface area (TPSA) is 15.3 Å². The van der Waals surface area contributed by atoms with Crippen molar-refractivity contribution in [1.29, 1.82) is 0 Å². The normalized spacial score (nSPS) is 23.2. The van der Waals surface area contributed by atoms with E-state index >= 15 is 0 Å². The molecule has 2 heteroatoms. The van der Waals surface area contributed by atoms with Crippen molar-refractivity contribution < 1.29 is 0 Å². The van der Waals surface area contributed by atoms with Gasteiger partial charge in [0.1, 0.15) is 0 Å². The van der Waals surface area contributed by atoms with Crippen LogP contribution in [0.3, 0.4) is 0 Å². The Kier molecular flexibility index (Phi) is 4.32. The van der Waals surface area contributed by atoms with E-state index in [0.29, 0.717) is 17.5 Å². The molecule has 0 amide bonds. The van der Waals surface area contributed by atoms with Crippen molar-refractivity contribution >= 4 is 0 Å². The zero-order valence-electron chi connectivity index (χ0n) is 13.0. The van der Waals surface area contributed by atoms with E-state index in [1.165, 1.54) is 24.0 Å². The van der Waals surface area contributed by atoms with Crippen molar-refractivity contribution in [3.63, 3.8) is 0 Å². The predicted octanol–water partition coefficient (Wildman–Crippen LogP) is 3.24. The van der Waals surface area contributed by atoms with Gasteiger partial charge >= 0.3 is 0 Å². The second-order valence-electron chi connectivity index (χ2n) is 6.95. The molecular formula is C17H28N2. The molecule has 0 spiro atoms. The maximum atomic E-state index is 3.85. The summed E-state index contributed by atoms with van der Waals surface area (Å²) in [5.74, 6) is 0. The summed E-state index contributed by atoms with van der Waals surface area (Å²) in [5.41, 5.74) is 3.36. The number of rotatable bonds is 4. The summed E-state index contributed by atoms with van der Waals surface area (Å²) in [6.07, 6.45) is 2.47. The number of nitrogens with zero attached hydrogens (tertiary/aromatic N) is 1. The molecule has 2 unspecified atom stereocenters. The summed E-state index contributed by atoms with van der Waals surface area (Å²) in [6, 6.07) is 9.90. The van der Waals surface area contributed by atoms with E-state index in [1.807, 2.05) is 0 Å². The van der Waals surface area contributed by atoms with Gasteiger partial charge in [0.2, 0.25) is 0 Å². The summed E-state index contributed by atoms with van der Waals surface area (Å²) in [4.78, 5) is 2.25. The number of hydrogen-bond donors (Lipinski definition) is 1. The largest absolute Gasteiger partial charge is 0.308 e. The molecule has 0 saturated carbocycles. The Morgan fingerprint density at radius 3 is 2.68 bits per heavy atom. The minimum atomic E-state index is 0.328. The molecular weight excluding hydrogens is 232 g/mol. The number of nitrogens with one attached hydrogen (secondary N) is 1. The molecule has 0 heterocycles. The summed E-state index contributed by atoms with van der Waals surface area (Å²) < 4.78 is 0. The van der Waals surface area contributed by atoms with Gasteiger partial charge in [0.25, 0.3) is 0 Å². The van der Waals surface area contributed by atoms with E-state index in [2.05, 4.69) is 69.3 Å². The second kappa shape index (κ2) is 5.64. The van der Waals surface area contributed by atoms with Crippen LogP contribution < -0.4 is 5.32 Å². The van der Waals surface area contributed by atoms with Gasteiger partial charge in [-0.05, 0) is 50.4 Å². The van der Waals surface area contributed by atoms with Gasteiger partial charge in [-0.1, -0.05) is 38.1 Å². The number of hydrogen-bond acceptors (Lipinski definition) is 2. The highest BCUT2D eigenvalue weighted by Crippen LogP contribution is 2.43. The van der Waals surface area contributed by atoms with Crippen LogP contribution in [0.4, 0.5) is 0 Å². The van der Waals surface area contributed by atoms with Gasteiger partial charge in [-0.3, -0.25) is 0 Å². The molecule has 2 atom stereocenters. The van der Waals surface area contributed by atoms with Crippen molar-refractivity contribution in [2.75, 3.05) is 20.6 Å². The fourth-order valence-corrected chi connectivity index (χ4v) is 3.27. The lowest BCUT2D eigenvalue weighted by molar-refractivity contribution is 0.186. The maximum absolute atomic E-state index is 3.85. The van der Waals surface area contributed by atoms with E-state index in [1.54, 1.807) is 0 Å². The fourth-order valence-electron chi connectivity index (χ4n) is 3.27. The Bertz CT molecular complexity index is 423. The van der Waals surface area contributed by atoms with Crippen LogP contribution in [-0.2, 0) is 6.42 Å². The molecule has 1 aliphatic carbocycles. The van der Waals surface area contributed by atoms with Crippen molar-refractivity contribution in [2.24, 2.45) is 5.41 Å². The first kappa shape index (κ1) is 14.5. The van der Waals surface area contributed by atoms with E-state index in [9.17, 15) is 0 Å². The Morgan fingerprint density at radius 2 is 2.00 bits per heavy atom. The van der Waals surface area contributed by atoms with Gasteiger partial charge in [-0.2, -0.15) is 0 Å². The summed E-state index contributed by atoms with van der Waals surface area (Å²) in [5, 5.41) is 3.85. The molecule has 0 fully saturated rings. The number of fused-ring (bicyclic) bond motifs is 1.